The van der Waals surface area contributed by atoms with Crippen molar-refractivity contribution in [2.45, 2.75) is 51.4 Å². The number of carbonyl (C=O) groups excluding carboxylic acids is 1. The van der Waals surface area contributed by atoms with Gasteiger partial charge in [-0.1, -0.05) is 30.9 Å². The Hall–Kier alpha value is -3.02. The number of carbonyl (C=O) groups is 1. The van der Waals surface area contributed by atoms with Gasteiger partial charge in [0.25, 0.3) is 0 Å². The summed E-state index contributed by atoms with van der Waals surface area (Å²) in [7, 11) is 0. The van der Waals surface area contributed by atoms with Crippen molar-refractivity contribution in [1.29, 1.82) is 0 Å². The van der Waals surface area contributed by atoms with Crippen LogP contribution in [0, 0.1) is 35.2 Å². The molecule has 0 amide bonds. The van der Waals surface area contributed by atoms with Gasteiger partial charge in [0, 0.05) is 12.1 Å². The number of benzene rings is 2. The highest BCUT2D eigenvalue weighted by molar-refractivity contribution is 5.91. The lowest BCUT2D eigenvalue weighted by atomic mass is 9.64. The molecule has 6 heteroatoms. The fourth-order valence-electron chi connectivity index (χ4n) is 5.68. The summed E-state index contributed by atoms with van der Waals surface area (Å²) in [5.74, 6) is -2.15. The fraction of sp³-hybridized carbons (Fsp3) is 0.414. The lowest BCUT2D eigenvalue weighted by Gasteiger charge is -2.41. The number of esters is 1. The minimum Gasteiger partial charge on any atom is -0.483 e. The SMILES string of the molecule is C=CCOc1c(F)cc(OC(=O)c2ccc(C3CCC4CC(/C=C/C)CCC4C3)c(F)c2)cc1F. The number of ether oxygens (including phenoxy) is 2. The van der Waals surface area contributed by atoms with E-state index in [1.54, 1.807) is 6.07 Å². The van der Waals surface area contributed by atoms with Crippen LogP contribution in [0.5, 0.6) is 11.5 Å². The largest absolute Gasteiger partial charge is 0.483 e. The molecule has 0 spiro atoms. The average Bonchev–Trinajstić information content (AvgIpc) is 2.83. The third kappa shape index (κ3) is 5.80. The van der Waals surface area contributed by atoms with Crippen molar-refractivity contribution < 1.29 is 27.4 Å². The normalized spacial score (nSPS) is 24.1. The minimum absolute atomic E-state index is 0.0143. The molecule has 2 saturated carbocycles. The van der Waals surface area contributed by atoms with Crippen molar-refractivity contribution in [2.75, 3.05) is 6.61 Å². The molecular formula is C29H31F3O3. The molecule has 186 valence electrons. The number of rotatable bonds is 7. The van der Waals surface area contributed by atoms with Crippen molar-refractivity contribution in [2.24, 2.45) is 17.8 Å². The van der Waals surface area contributed by atoms with E-state index >= 15 is 4.39 Å². The first-order chi connectivity index (χ1) is 16.9. The van der Waals surface area contributed by atoms with Gasteiger partial charge in [-0.3, -0.25) is 0 Å². The van der Waals surface area contributed by atoms with Gasteiger partial charge in [-0.2, -0.15) is 0 Å². The zero-order valence-corrected chi connectivity index (χ0v) is 19.9. The van der Waals surface area contributed by atoms with Crippen LogP contribution >= 0.6 is 0 Å². The quantitative estimate of drug-likeness (QED) is 0.229. The van der Waals surface area contributed by atoms with E-state index in [0.29, 0.717) is 23.3 Å². The van der Waals surface area contributed by atoms with Crippen LogP contribution in [0.4, 0.5) is 13.2 Å². The Bertz CT molecular complexity index is 1090. The molecule has 0 heterocycles. The molecule has 0 aliphatic heterocycles. The smallest absolute Gasteiger partial charge is 0.343 e. The maximum atomic E-state index is 15.1. The molecule has 0 saturated heterocycles. The molecule has 4 unspecified atom stereocenters. The van der Waals surface area contributed by atoms with Crippen molar-refractivity contribution in [3.05, 3.63) is 83.7 Å². The summed E-state index contributed by atoms with van der Waals surface area (Å²) >= 11 is 0. The number of hydrogen-bond acceptors (Lipinski definition) is 3. The van der Waals surface area contributed by atoms with Gasteiger partial charge in [0.1, 0.15) is 18.2 Å². The highest BCUT2D eigenvalue weighted by atomic mass is 19.1. The predicted octanol–water partition coefficient (Wildman–Crippen LogP) is 7.76. The van der Waals surface area contributed by atoms with Crippen molar-refractivity contribution in [1.82, 2.24) is 0 Å². The maximum absolute atomic E-state index is 15.1. The molecule has 2 fully saturated rings. The maximum Gasteiger partial charge on any atom is 0.343 e. The van der Waals surface area contributed by atoms with E-state index in [2.05, 4.69) is 25.7 Å². The molecule has 2 aromatic carbocycles. The molecule has 4 atom stereocenters. The molecule has 0 bridgehead atoms. The van der Waals surface area contributed by atoms with Gasteiger partial charge in [0.15, 0.2) is 17.4 Å². The summed E-state index contributed by atoms with van der Waals surface area (Å²) in [6.45, 7) is 5.42. The first-order valence-electron chi connectivity index (χ1n) is 12.3. The minimum atomic E-state index is -1.01. The molecule has 0 N–H and O–H groups in total. The molecule has 35 heavy (non-hydrogen) atoms. The Morgan fingerprint density at radius 2 is 1.71 bits per heavy atom. The number of fused-ring (bicyclic) bond motifs is 1. The van der Waals surface area contributed by atoms with Gasteiger partial charge in [0.2, 0.25) is 0 Å². The Morgan fingerprint density at radius 1 is 1.00 bits per heavy atom. The van der Waals surface area contributed by atoms with Crippen molar-refractivity contribution in [3.63, 3.8) is 0 Å². The number of hydrogen-bond donors (Lipinski definition) is 0. The zero-order chi connectivity index (χ0) is 24.9. The van der Waals surface area contributed by atoms with Crippen molar-refractivity contribution >= 4 is 5.97 Å². The van der Waals surface area contributed by atoms with Crippen LogP contribution in [0.2, 0.25) is 0 Å². The van der Waals surface area contributed by atoms with Gasteiger partial charge >= 0.3 is 5.97 Å². The van der Waals surface area contributed by atoms with Crippen LogP contribution in [0.1, 0.15) is 67.3 Å². The van der Waals surface area contributed by atoms with Crippen LogP contribution < -0.4 is 9.47 Å². The lowest BCUT2D eigenvalue weighted by molar-refractivity contribution is 0.0733. The van der Waals surface area contributed by atoms with Gasteiger partial charge in [0.05, 0.1) is 5.56 Å². The zero-order valence-electron chi connectivity index (χ0n) is 19.9. The second-order valence-corrected chi connectivity index (χ2v) is 9.57. The summed E-state index contributed by atoms with van der Waals surface area (Å²) in [6.07, 6.45) is 12.4. The first-order valence-corrected chi connectivity index (χ1v) is 12.3. The highest BCUT2D eigenvalue weighted by Crippen LogP contribution is 2.48. The monoisotopic (exact) mass is 484 g/mol. The summed E-state index contributed by atoms with van der Waals surface area (Å²) in [4.78, 5) is 12.5. The topological polar surface area (TPSA) is 35.5 Å². The van der Waals surface area contributed by atoms with Crippen LogP contribution in [0.3, 0.4) is 0 Å². The second kappa shape index (κ2) is 11.1. The van der Waals surface area contributed by atoms with Gasteiger partial charge in [-0.25, -0.2) is 18.0 Å². The van der Waals surface area contributed by atoms with E-state index in [0.717, 1.165) is 37.5 Å². The molecule has 4 rings (SSSR count). The molecule has 3 nitrogen and oxygen atoms in total. The average molecular weight is 485 g/mol. The fourth-order valence-corrected chi connectivity index (χ4v) is 5.68. The van der Waals surface area contributed by atoms with E-state index in [1.807, 2.05) is 0 Å². The van der Waals surface area contributed by atoms with Crippen LogP contribution in [0.15, 0.2) is 55.1 Å². The summed E-state index contributed by atoms with van der Waals surface area (Å²) in [5.41, 5.74) is 0.607. The summed E-state index contributed by atoms with van der Waals surface area (Å²) in [6, 6.07) is 6.03. The molecular weight excluding hydrogens is 453 g/mol. The van der Waals surface area contributed by atoms with E-state index in [4.69, 9.17) is 9.47 Å². The predicted molar refractivity (Wildman–Crippen MR) is 129 cm³/mol. The Kier molecular flexibility index (Phi) is 7.99. The third-order valence-corrected chi connectivity index (χ3v) is 7.32. The molecule has 2 aromatic rings. The standard InChI is InChI=1S/C29H31F3O3/c1-3-5-18-6-7-20-14-21(9-8-19(20)13-18)24-11-10-22(15-25(24)30)29(33)35-23-16-26(31)28(27(32)17-23)34-12-4-2/h3-5,10-11,15-21H,2,6-9,12-14H2,1H3/b5-3+. The molecule has 0 aromatic heterocycles. The van der Waals surface area contributed by atoms with Crippen LogP contribution in [-0.2, 0) is 0 Å². The Labute approximate surface area is 204 Å². The first kappa shape index (κ1) is 25.1. The highest BCUT2D eigenvalue weighted by Gasteiger charge is 2.36. The summed E-state index contributed by atoms with van der Waals surface area (Å²) in [5, 5.41) is 0. The van der Waals surface area contributed by atoms with E-state index in [-0.39, 0.29) is 23.8 Å². The van der Waals surface area contributed by atoms with Crippen LogP contribution in [0.25, 0.3) is 0 Å². The van der Waals surface area contributed by atoms with E-state index in [9.17, 15) is 13.6 Å². The summed E-state index contributed by atoms with van der Waals surface area (Å²) < 4.78 is 53.4. The second-order valence-electron chi connectivity index (χ2n) is 9.57. The van der Waals surface area contributed by atoms with E-state index < -0.39 is 29.2 Å². The Morgan fingerprint density at radius 3 is 2.40 bits per heavy atom. The van der Waals surface area contributed by atoms with Gasteiger partial charge in [-0.05, 0) is 86.8 Å². The van der Waals surface area contributed by atoms with E-state index in [1.165, 1.54) is 31.4 Å². The molecule has 0 radical (unpaired) electrons. The number of halogens is 3. The van der Waals surface area contributed by atoms with Crippen LogP contribution in [-0.4, -0.2) is 12.6 Å². The molecule has 2 aliphatic rings. The van der Waals surface area contributed by atoms with Crippen molar-refractivity contribution in [3.8, 4) is 11.5 Å². The molecule has 2 aliphatic carbocycles. The lowest BCUT2D eigenvalue weighted by Crippen LogP contribution is -2.30. The van der Waals surface area contributed by atoms with Gasteiger partial charge < -0.3 is 9.47 Å². The van der Waals surface area contributed by atoms with Gasteiger partial charge in [-0.15, -0.1) is 0 Å². The number of allylic oxidation sites excluding steroid dienone is 2. The Balaban J connectivity index is 1.41. The third-order valence-electron chi connectivity index (χ3n) is 7.32.